The zero-order valence-electron chi connectivity index (χ0n) is 20.5. The van der Waals surface area contributed by atoms with Crippen LogP contribution in [0.2, 0.25) is 0 Å². The van der Waals surface area contributed by atoms with E-state index in [1.165, 1.54) is 80.3 Å². The van der Waals surface area contributed by atoms with Crippen LogP contribution in [0.25, 0.3) is 80.3 Å². The standard InChI is InChI=1S/C36H21NS/c1-2-8-22(9-3-1)23-16-18-24(19-17-23)37-30-13-5-4-10-25(30)28-21-20-27-26-11-6-14-31-34(26)35-29(33(27)36(28)37)12-7-15-32(35)38-31/h1-21H. The summed E-state index contributed by atoms with van der Waals surface area (Å²) in [6.07, 6.45) is 0. The maximum atomic E-state index is 2.48. The molecular weight excluding hydrogens is 478 g/mol. The lowest BCUT2D eigenvalue weighted by atomic mass is 9.93. The Hall–Kier alpha value is -4.66. The van der Waals surface area contributed by atoms with Crippen LogP contribution in [0.3, 0.4) is 0 Å². The first kappa shape index (κ1) is 20.4. The van der Waals surface area contributed by atoms with Gasteiger partial charge >= 0.3 is 0 Å². The second-order valence-corrected chi connectivity index (χ2v) is 11.2. The molecule has 0 aliphatic rings. The van der Waals surface area contributed by atoms with E-state index in [2.05, 4.69) is 132 Å². The van der Waals surface area contributed by atoms with E-state index in [1.54, 1.807) is 0 Å². The van der Waals surface area contributed by atoms with E-state index in [0.29, 0.717) is 0 Å². The summed E-state index contributed by atoms with van der Waals surface area (Å²) in [5, 5.41) is 10.8. The van der Waals surface area contributed by atoms with Gasteiger partial charge in [-0.25, -0.2) is 0 Å². The predicted octanol–water partition coefficient (Wildman–Crippen LogP) is 10.6. The van der Waals surface area contributed by atoms with E-state index in [4.69, 9.17) is 0 Å². The van der Waals surface area contributed by atoms with Crippen LogP contribution in [0, 0.1) is 0 Å². The summed E-state index contributed by atoms with van der Waals surface area (Å²) in [4.78, 5) is 0. The molecule has 0 saturated heterocycles. The molecule has 176 valence electrons. The zero-order chi connectivity index (χ0) is 24.8. The molecule has 7 aromatic carbocycles. The minimum absolute atomic E-state index is 1.19. The molecule has 0 N–H and O–H groups in total. The quantitative estimate of drug-likeness (QED) is 0.208. The molecule has 0 aliphatic heterocycles. The second-order valence-electron chi connectivity index (χ2n) is 10.1. The van der Waals surface area contributed by atoms with Crippen molar-refractivity contribution in [1.29, 1.82) is 0 Å². The Morgan fingerprint density at radius 3 is 1.82 bits per heavy atom. The van der Waals surface area contributed by atoms with Crippen molar-refractivity contribution in [3.63, 3.8) is 0 Å². The SMILES string of the molecule is c1ccc(-c2ccc(-n3c4ccccc4c4ccc5c6cccc7sc8cccc(c8c76)c5c43)cc2)cc1. The number of fused-ring (bicyclic) bond motifs is 7. The smallest absolute Gasteiger partial charge is 0.0625 e. The van der Waals surface area contributed by atoms with Gasteiger partial charge in [-0.15, -0.1) is 11.3 Å². The molecule has 0 bridgehead atoms. The molecule has 38 heavy (non-hydrogen) atoms. The minimum Gasteiger partial charge on any atom is -0.309 e. The van der Waals surface area contributed by atoms with E-state index >= 15 is 0 Å². The van der Waals surface area contributed by atoms with Gasteiger partial charge in [0, 0.05) is 42.0 Å². The maximum absolute atomic E-state index is 2.48. The van der Waals surface area contributed by atoms with Crippen molar-refractivity contribution in [2.24, 2.45) is 0 Å². The molecule has 0 atom stereocenters. The van der Waals surface area contributed by atoms with Crippen LogP contribution in [0.4, 0.5) is 0 Å². The molecule has 0 amide bonds. The van der Waals surface area contributed by atoms with Crippen molar-refractivity contribution < 1.29 is 0 Å². The number of benzene rings is 7. The summed E-state index contributed by atoms with van der Waals surface area (Å²) >= 11 is 1.90. The first-order valence-electron chi connectivity index (χ1n) is 13.0. The molecular formula is C36H21NS. The first-order valence-corrected chi connectivity index (χ1v) is 13.9. The number of thiophene rings is 1. The summed E-state index contributed by atoms with van der Waals surface area (Å²) < 4.78 is 5.21. The van der Waals surface area contributed by atoms with E-state index < -0.39 is 0 Å². The van der Waals surface area contributed by atoms with Crippen LogP contribution >= 0.6 is 11.3 Å². The predicted molar refractivity (Wildman–Crippen MR) is 165 cm³/mol. The van der Waals surface area contributed by atoms with E-state index in [1.807, 2.05) is 11.3 Å². The fourth-order valence-corrected chi connectivity index (χ4v) is 7.71. The van der Waals surface area contributed by atoms with Gasteiger partial charge in [0.2, 0.25) is 0 Å². The number of para-hydroxylation sites is 1. The highest BCUT2D eigenvalue weighted by Crippen LogP contribution is 2.48. The van der Waals surface area contributed by atoms with Crippen molar-refractivity contribution in [3.8, 4) is 16.8 Å². The van der Waals surface area contributed by atoms with Gasteiger partial charge in [0.1, 0.15) is 0 Å². The van der Waals surface area contributed by atoms with Gasteiger partial charge in [0.25, 0.3) is 0 Å². The summed E-state index contributed by atoms with van der Waals surface area (Å²) in [6.45, 7) is 0. The van der Waals surface area contributed by atoms with Gasteiger partial charge in [-0.1, -0.05) is 97.1 Å². The lowest BCUT2D eigenvalue weighted by Gasteiger charge is -2.14. The van der Waals surface area contributed by atoms with Gasteiger partial charge in [-0.3, -0.25) is 0 Å². The molecule has 0 saturated carbocycles. The number of aromatic nitrogens is 1. The van der Waals surface area contributed by atoms with Crippen LogP contribution in [0.15, 0.2) is 127 Å². The Balaban J connectivity index is 1.47. The molecule has 2 heteroatoms. The van der Waals surface area contributed by atoms with Crippen LogP contribution in [-0.4, -0.2) is 4.57 Å². The zero-order valence-corrected chi connectivity index (χ0v) is 21.3. The van der Waals surface area contributed by atoms with Crippen LogP contribution in [0.1, 0.15) is 0 Å². The summed E-state index contributed by atoms with van der Waals surface area (Å²) in [5.41, 5.74) is 6.19. The van der Waals surface area contributed by atoms with Crippen LogP contribution in [-0.2, 0) is 0 Å². The highest BCUT2D eigenvalue weighted by Gasteiger charge is 2.21. The molecule has 0 fully saturated rings. The largest absolute Gasteiger partial charge is 0.309 e. The van der Waals surface area contributed by atoms with Crippen molar-refractivity contribution in [1.82, 2.24) is 4.57 Å². The molecule has 2 heterocycles. The van der Waals surface area contributed by atoms with E-state index in [-0.39, 0.29) is 0 Å². The lowest BCUT2D eigenvalue weighted by Crippen LogP contribution is -1.95. The molecule has 2 aromatic heterocycles. The Morgan fingerprint density at radius 1 is 0.395 bits per heavy atom. The summed E-state index contributed by atoms with van der Waals surface area (Å²) in [6, 6.07) is 46.8. The number of nitrogens with zero attached hydrogens (tertiary/aromatic N) is 1. The molecule has 1 nitrogen and oxygen atoms in total. The number of hydrogen-bond donors (Lipinski definition) is 0. The Bertz CT molecular complexity index is 2320. The monoisotopic (exact) mass is 499 g/mol. The fourth-order valence-electron chi connectivity index (χ4n) is 6.56. The lowest BCUT2D eigenvalue weighted by molar-refractivity contribution is 1.19. The molecule has 0 radical (unpaired) electrons. The molecule has 0 unspecified atom stereocenters. The van der Waals surface area contributed by atoms with E-state index in [0.717, 1.165) is 0 Å². The van der Waals surface area contributed by atoms with Gasteiger partial charge in [0.15, 0.2) is 0 Å². The van der Waals surface area contributed by atoms with Crippen molar-refractivity contribution in [2.45, 2.75) is 0 Å². The van der Waals surface area contributed by atoms with Gasteiger partial charge in [0.05, 0.1) is 11.0 Å². The highest BCUT2D eigenvalue weighted by atomic mass is 32.1. The fraction of sp³-hybridized carbons (Fsp3) is 0. The Labute approximate surface area is 223 Å². The van der Waals surface area contributed by atoms with Crippen molar-refractivity contribution >= 4 is 74.9 Å². The van der Waals surface area contributed by atoms with E-state index in [9.17, 15) is 0 Å². The first-order chi connectivity index (χ1) is 18.9. The third-order valence-electron chi connectivity index (χ3n) is 8.15. The van der Waals surface area contributed by atoms with Crippen LogP contribution < -0.4 is 0 Å². The molecule has 0 aliphatic carbocycles. The van der Waals surface area contributed by atoms with Crippen LogP contribution in [0.5, 0.6) is 0 Å². The second kappa shape index (κ2) is 7.44. The topological polar surface area (TPSA) is 4.93 Å². The van der Waals surface area contributed by atoms with Gasteiger partial charge in [-0.05, 0) is 57.6 Å². The van der Waals surface area contributed by atoms with Gasteiger partial charge < -0.3 is 4.57 Å². The maximum Gasteiger partial charge on any atom is 0.0625 e. The van der Waals surface area contributed by atoms with Crippen molar-refractivity contribution in [3.05, 3.63) is 127 Å². The highest BCUT2D eigenvalue weighted by molar-refractivity contribution is 7.26. The normalized spacial score (nSPS) is 12.2. The average molecular weight is 500 g/mol. The third-order valence-corrected chi connectivity index (χ3v) is 9.27. The molecule has 0 spiro atoms. The minimum atomic E-state index is 1.19. The summed E-state index contributed by atoms with van der Waals surface area (Å²) in [7, 11) is 0. The third kappa shape index (κ3) is 2.60. The average Bonchev–Trinajstić information content (AvgIpc) is 3.53. The summed E-state index contributed by atoms with van der Waals surface area (Å²) in [5.74, 6) is 0. The Morgan fingerprint density at radius 2 is 1.00 bits per heavy atom. The van der Waals surface area contributed by atoms with Crippen molar-refractivity contribution in [2.75, 3.05) is 0 Å². The molecule has 9 aromatic rings. The van der Waals surface area contributed by atoms with Gasteiger partial charge in [-0.2, -0.15) is 0 Å². The number of hydrogen-bond acceptors (Lipinski definition) is 1. The molecule has 9 rings (SSSR count). The number of rotatable bonds is 2. The Kier molecular flexibility index (Phi) is 3.99.